The highest BCUT2D eigenvalue weighted by Gasteiger charge is 2.23. The van der Waals surface area contributed by atoms with E-state index in [-0.39, 0.29) is 24.4 Å². The molecule has 2 aromatic carbocycles. The highest BCUT2D eigenvalue weighted by molar-refractivity contribution is 8.00. The molecule has 0 fully saturated rings. The number of carbonyl (C=O) groups is 2. The molecule has 1 aliphatic heterocycles. The van der Waals surface area contributed by atoms with E-state index in [0.717, 1.165) is 4.90 Å². The number of carbonyl (C=O) groups excluding carboxylic acids is 2. The Balaban J connectivity index is 1.52. The van der Waals surface area contributed by atoms with E-state index in [0.29, 0.717) is 22.0 Å². The summed E-state index contributed by atoms with van der Waals surface area (Å²) < 4.78 is 10.7. The summed E-state index contributed by atoms with van der Waals surface area (Å²) in [6.07, 6.45) is 0. The molecule has 0 radical (unpaired) electrons. The van der Waals surface area contributed by atoms with E-state index in [2.05, 4.69) is 5.32 Å². The van der Waals surface area contributed by atoms with E-state index >= 15 is 0 Å². The van der Waals surface area contributed by atoms with E-state index in [1.807, 2.05) is 13.0 Å². The second kappa shape index (κ2) is 7.80. The number of fused-ring (bicyclic) bond motifs is 1. The highest BCUT2D eigenvalue weighted by atomic mass is 35.5. The predicted molar refractivity (Wildman–Crippen MR) is 97.6 cm³/mol. The Morgan fingerprint density at radius 3 is 2.72 bits per heavy atom. The molecular weight excluding hydrogens is 362 g/mol. The maximum absolute atomic E-state index is 12.1. The van der Waals surface area contributed by atoms with Gasteiger partial charge in [-0.2, -0.15) is 0 Å². The van der Waals surface area contributed by atoms with Gasteiger partial charge in [-0.3, -0.25) is 4.79 Å². The van der Waals surface area contributed by atoms with Gasteiger partial charge in [-0.1, -0.05) is 11.6 Å². The third-order valence-electron chi connectivity index (χ3n) is 3.54. The summed E-state index contributed by atoms with van der Waals surface area (Å²) in [6.45, 7) is 2.20. The molecule has 3 rings (SSSR count). The van der Waals surface area contributed by atoms with Crippen LogP contribution in [0.1, 0.15) is 17.3 Å². The molecular formula is C18H16ClNO4S. The summed E-state index contributed by atoms with van der Waals surface area (Å²) in [6, 6.07) is 12.1. The van der Waals surface area contributed by atoms with Crippen LogP contribution in [0, 0.1) is 0 Å². The fraction of sp³-hybridized carbons (Fsp3) is 0.222. The van der Waals surface area contributed by atoms with Gasteiger partial charge in [0.25, 0.3) is 0 Å². The van der Waals surface area contributed by atoms with Gasteiger partial charge in [-0.05, 0) is 49.4 Å². The van der Waals surface area contributed by atoms with Crippen molar-refractivity contribution in [2.24, 2.45) is 0 Å². The van der Waals surface area contributed by atoms with Gasteiger partial charge in [-0.25, -0.2) is 4.79 Å². The first-order chi connectivity index (χ1) is 12.0. The van der Waals surface area contributed by atoms with Gasteiger partial charge in [0.1, 0.15) is 19.0 Å². The first-order valence-corrected chi connectivity index (χ1v) is 8.96. The van der Waals surface area contributed by atoms with Crippen LogP contribution in [-0.2, 0) is 9.53 Å². The number of thioether (sulfide) groups is 1. The van der Waals surface area contributed by atoms with Crippen molar-refractivity contribution in [1.29, 1.82) is 0 Å². The Morgan fingerprint density at radius 1 is 1.20 bits per heavy atom. The number of nitrogens with one attached hydrogen (secondary N) is 1. The average Bonchev–Trinajstić information content (AvgIpc) is 2.60. The number of ether oxygens (including phenoxy) is 2. The Morgan fingerprint density at radius 2 is 1.96 bits per heavy atom. The molecule has 0 saturated carbocycles. The molecule has 2 aromatic rings. The molecule has 130 valence electrons. The SMILES string of the molecule is CC1Sc2ccc(C(=O)OCCOc3ccc(Cl)cc3)cc2NC1=O. The van der Waals surface area contributed by atoms with E-state index in [4.69, 9.17) is 21.1 Å². The Bertz CT molecular complexity index is 794. The quantitative estimate of drug-likeness (QED) is 0.630. The third kappa shape index (κ3) is 4.46. The standard InChI is InChI=1S/C18H16ClNO4S/c1-11-17(21)20-15-10-12(2-7-16(15)25-11)18(22)24-9-8-23-14-5-3-13(19)4-6-14/h2-7,10-11H,8-9H2,1H3,(H,20,21). The Hall–Kier alpha value is -2.18. The molecule has 0 aromatic heterocycles. The first-order valence-electron chi connectivity index (χ1n) is 7.70. The molecule has 5 nitrogen and oxygen atoms in total. The lowest BCUT2D eigenvalue weighted by atomic mass is 10.2. The van der Waals surface area contributed by atoms with Gasteiger partial charge >= 0.3 is 5.97 Å². The van der Waals surface area contributed by atoms with Crippen LogP contribution >= 0.6 is 23.4 Å². The van der Waals surface area contributed by atoms with Gasteiger partial charge in [0, 0.05) is 9.92 Å². The molecule has 1 N–H and O–H groups in total. The molecule has 1 heterocycles. The van der Waals surface area contributed by atoms with Crippen LogP contribution in [0.25, 0.3) is 0 Å². The minimum absolute atomic E-state index is 0.0700. The Kier molecular flexibility index (Phi) is 5.50. The van der Waals surface area contributed by atoms with Crippen LogP contribution < -0.4 is 10.1 Å². The summed E-state index contributed by atoms with van der Waals surface area (Å²) in [5, 5.41) is 3.28. The van der Waals surface area contributed by atoms with Crippen molar-refractivity contribution >= 4 is 40.9 Å². The lowest BCUT2D eigenvalue weighted by molar-refractivity contribution is -0.115. The number of amides is 1. The van der Waals surface area contributed by atoms with Crippen LogP contribution in [0.4, 0.5) is 5.69 Å². The summed E-state index contributed by atoms with van der Waals surface area (Å²) in [4.78, 5) is 24.8. The maximum atomic E-state index is 12.1. The number of hydrogen-bond donors (Lipinski definition) is 1. The lowest BCUT2D eigenvalue weighted by Crippen LogP contribution is -2.26. The summed E-state index contributed by atoms with van der Waals surface area (Å²) in [5.41, 5.74) is 1.03. The number of benzene rings is 2. The molecule has 1 atom stereocenters. The first kappa shape index (κ1) is 17.6. The molecule has 0 bridgehead atoms. The van der Waals surface area contributed by atoms with Crippen LogP contribution in [0.2, 0.25) is 5.02 Å². The molecule has 7 heteroatoms. The molecule has 0 aliphatic carbocycles. The number of hydrogen-bond acceptors (Lipinski definition) is 5. The topological polar surface area (TPSA) is 64.6 Å². The van der Waals surface area contributed by atoms with Gasteiger partial charge < -0.3 is 14.8 Å². The van der Waals surface area contributed by atoms with Gasteiger partial charge in [0.2, 0.25) is 5.91 Å². The predicted octanol–water partition coefficient (Wildman–Crippen LogP) is 4.01. The molecule has 1 amide bonds. The van der Waals surface area contributed by atoms with Crippen molar-refractivity contribution in [3.8, 4) is 5.75 Å². The fourth-order valence-corrected chi connectivity index (χ4v) is 3.30. The molecule has 25 heavy (non-hydrogen) atoms. The average molecular weight is 378 g/mol. The fourth-order valence-electron chi connectivity index (χ4n) is 2.24. The largest absolute Gasteiger partial charge is 0.490 e. The number of halogens is 1. The summed E-state index contributed by atoms with van der Waals surface area (Å²) in [5.74, 6) is 0.128. The minimum atomic E-state index is -0.458. The number of esters is 1. The van der Waals surface area contributed by atoms with Crippen LogP contribution in [-0.4, -0.2) is 30.3 Å². The van der Waals surface area contributed by atoms with Crippen molar-refractivity contribution in [1.82, 2.24) is 0 Å². The maximum Gasteiger partial charge on any atom is 0.338 e. The molecule has 0 spiro atoms. The van der Waals surface area contributed by atoms with E-state index in [1.165, 1.54) is 11.8 Å². The van der Waals surface area contributed by atoms with Crippen molar-refractivity contribution in [2.75, 3.05) is 18.5 Å². The van der Waals surface area contributed by atoms with Gasteiger partial charge in [-0.15, -0.1) is 11.8 Å². The van der Waals surface area contributed by atoms with E-state index in [9.17, 15) is 9.59 Å². The second-order valence-corrected chi connectivity index (χ2v) is 7.22. The van der Waals surface area contributed by atoms with Gasteiger partial charge in [0.15, 0.2) is 0 Å². The Labute approximate surface area is 154 Å². The third-order valence-corrected chi connectivity index (χ3v) is 4.97. The van der Waals surface area contributed by atoms with Gasteiger partial charge in [0.05, 0.1) is 16.5 Å². The molecule has 0 saturated heterocycles. The zero-order chi connectivity index (χ0) is 17.8. The number of rotatable bonds is 5. The van der Waals surface area contributed by atoms with Crippen LogP contribution in [0.3, 0.4) is 0 Å². The minimum Gasteiger partial charge on any atom is -0.490 e. The molecule has 1 unspecified atom stereocenters. The zero-order valence-corrected chi connectivity index (χ0v) is 15.0. The normalized spacial score (nSPS) is 15.9. The smallest absolute Gasteiger partial charge is 0.338 e. The van der Waals surface area contributed by atoms with Crippen molar-refractivity contribution < 1.29 is 19.1 Å². The second-order valence-electron chi connectivity index (χ2n) is 5.40. The highest BCUT2D eigenvalue weighted by Crippen LogP contribution is 2.36. The van der Waals surface area contributed by atoms with Crippen molar-refractivity contribution in [2.45, 2.75) is 17.1 Å². The summed E-state index contributed by atoms with van der Waals surface area (Å²) >= 11 is 7.26. The monoisotopic (exact) mass is 377 g/mol. The lowest BCUT2D eigenvalue weighted by Gasteiger charge is -2.21. The zero-order valence-electron chi connectivity index (χ0n) is 13.5. The van der Waals surface area contributed by atoms with Crippen molar-refractivity contribution in [3.63, 3.8) is 0 Å². The summed E-state index contributed by atoms with van der Waals surface area (Å²) in [7, 11) is 0. The van der Waals surface area contributed by atoms with Crippen LogP contribution in [0.5, 0.6) is 5.75 Å². The van der Waals surface area contributed by atoms with Crippen molar-refractivity contribution in [3.05, 3.63) is 53.1 Å². The van der Waals surface area contributed by atoms with E-state index < -0.39 is 5.97 Å². The van der Waals surface area contributed by atoms with Crippen LogP contribution in [0.15, 0.2) is 47.4 Å². The number of anilines is 1. The van der Waals surface area contributed by atoms with E-state index in [1.54, 1.807) is 36.4 Å². The molecule has 1 aliphatic rings.